The Hall–Kier alpha value is -1.63. The maximum atomic E-state index is 9.38. The maximum absolute atomic E-state index is 9.38. The molecule has 1 aromatic heterocycles. The summed E-state index contributed by atoms with van der Waals surface area (Å²) in [6.45, 7) is 1.86. The molecule has 7 heteroatoms. The van der Waals surface area contributed by atoms with Gasteiger partial charge in [-0.15, -0.1) is 5.10 Å². The molecule has 1 atom stereocenters. The molecule has 22 heavy (non-hydrogen) atoms. The summed E-state index contributed by atoms with van der Waals surface area (Å²) in [6, 6.07) is 5.64. The molecule has 1 fully saturated rings. The van der Waals surface area contributed by atoms with E-state index in [1.165, 1.54) is 0 Å². The number of methoxy groups -OCH3 is 1. The van der Waals surface area contributed by atoms with E-state index in [9.17, 15) is 5.11 Å². The Bertz CT molecular complexity index is 646. The molecule has 0 saturated carbocycles. The molecule has 6 nitrogen and oxygen atoms in total. The van der Waals surface area contributed by atoms with Crippen molar-refractivity contribution in [1.82, 2.24) is 19.9 Å². The summed E-state index contributed by atoms with van der Waals surface area (Å²) in [5.41, 5.74) is 1.60. The molecule has 2 heterocycles. The Morgan fingerprint density at radius 2 is 2.32 bits per heavy atom. The molecule has 118 valence electrons. The summed E-state index contributed by atoms with van der Waals surface area (Å²) in [5.74, 6) is 0.719. The lowest BCUT2D eigenvalue weighted by molar-refractivity contribution is 0.152. The van der Waals surface area contributed by atoms with Crippen LogP contribution in [-0.2, 0) is 6.54 Å². The first kappa shape index (κ1) is 15.3. The highest BCUT2D eigenvalue weighted by Gasteiger charge is 2.24. The maximum Gasteiger partial charge on any atom is 0.121 e. The minimum Gasteiger partial charge on any atom is -0.497 e. The van der Waals surface area contributed by atoms with Gasteiger partial charge in [-0.1, -0.05) is 16.8 Å². The minimum absolute atomic E-state index is 0.190. The highest BCUT2D eigenvalue weighted by Crippen LogP contribution is 2.25. The van der Waals surface area contributed by atoms with Crippen LogP contribution in [0.2, 0.25) is 5.02 Å². The molecular formula is C15H19ClN4O2. The Labute approximate surface area is 134 Å². The van der Waals surface area contributed by atoms with Crippen molar-refractivity contribution < 1.29 is 9.84 Å². The van der Waals surface area contributed by atoms with Gasteiger partial charge >= 0.3 is 0 Å². The van der Waals surface area contributed by atoms with Crippen LogP contribution in [-0.4, -0.2) is 51.3 Å². The zero-order valence-corrected chi connectivity index (χ0v) is 13.2. The monoisotopic (exact) mass is 322 g/mol. The van der Waals surface area contributed by atoms with Crippen molar-refractivity contribution in [3.63, 3.8) is 0 Å². The molecule has 0 spiro atoms. The summed E-state index contributed by atoms with van der Waals surface area (Å²) in [7, 11) is 1.61. The quantitative estimate of drug-likeness (QED) is 0.910. The second-order valence-corrected chi connectivity index (χ2v) is 5.83. The third-order valence-electron chi connectivity index (χ3n) is 4.02. The normalized spacial score (nSPS) is 18.8. The number of halogens is 1. The molecule has 1 aliphatic heterocycles. The van der Waals surface area contributed by atoms with E-state index in [-0.39, 0.29) is 12.6 Å². The summed E-state index contributed by atoms with van der Waals surface area (Å²) in [5, 5.41) is 18.3. The standard InChI is InChI=1S/C15H19ClN4O2/c1-22-13-4-5-14(16)15(7-13)20-9-11(17-18-20)8-19-6-2-3-12(19)10-21/h4-5,7,9,12,21H,2-3,6,8,10H2,1H3. The fourth-order valence-electron chi connectivity index (χ4n) is 2.80. The fraction of sp³-hybridized carbons (Fsp3) is 0.467. The zero-order chi connectivity index (χ0) is 15.5. The number of hydrogen-bond acceptors (Lipinski definition) is 5. The second kappa shape index (κ2) is 6.64. The highest BCUT2D eigenvalue weighted by molar-refractivity contribution is 6.32. The SMILES string of the molecule is COc1ccc(Cl)c(-n2cc(CN3CCCC3CO)nn2)c1. The van der Waals surface area contributed by atoms with Crippen LogP contribution in [0.25, 0.3) is 5.69 Å². The van der Waals surface area contributed by atoms with Crippen molar-refractivity contribution in [2.24, 2.45) is 0 Å². The molecule has 1 N–H and O–H groups in total. The van der Waals surface area contributed by atoms with Crippen LogP contribution in [0.3, 0.4) is 0 Å². The van der Waals surface area contributed by atoms with E-state index < -0.39 is 0 Å². The van der Waals surface area contributed by atoms with Crippen LogP contribution in [0.4, 0.5) is 0 Å². The van der Waals surface area contributed by atoms with Crippen LogP contribution in [0.5, 0.6) is 5.75 Å². The lowest BCUT2D eigenvalue weighted by Gasteiger charge is -2.20. The van der Waals surface area contributed by atoms with Crippen molar-refractivity contribution in [2.75, 3.05) is 20.3 Å². The molecule has 2 aromatic rings. The van der Waals surface area contributed by atoms with Crippen LogP contribution in [0, 0.1) is 0 Å². The van der Waals surface area contributed by atoms with Crippen molar-refractivity contribution in [2.45, 2.75) is 25.4 Å². The summed E-state index contributed by atoms with van der Waals surface area (Å²) >= 11 is 6.23. The molecule has 1 saturated heterocycles. The summed E-state index contributed by atoms with van der Waals surface area (Å²) in [4.78, 5) is 2.24. The molecule has 0 amide bonds. The molecule has 3 rings (SSSR count). The van der Waals surface area contributed by atoms with Gasteiger partial charge in [0, 0.05) is 18.7 Å². The van der Waals surface area contributed by atoms with Gasteiger partial charge in [-0.3, -0.25) is 4.90 Å². The van der Waals surface area contributed by atoms with Gasteiger partial charge in [-0.2, -0.15) is 0 Å². The van der Waals surface area contributed by atoms with Crippen molar-refractivity contribution in [3.8, 4) is 11.4 Å². The van der Waals surface area contributed by atoms with Crippen LogP contribution in [0.15, 0.2) is 24.4 Å². The minimum atomic E-state index is 0.190. The molecular weight excluding hydrogens is 304 g/mol. The Morgan fingerprint density at radius 1 is 1.45 bits per heavy atom. The summed E-state index contributed by atoms with van der Waals surface area (Å²) < 4.78 is 6.88. The smallest absolute Gasteiger partial charge is 0.121 e. The average molecular weight is 323 g/mol. The number of aromatic nitrogens is 3. The van der Waals surface area contributed by atoms with Crippen molar-refractivity contribution in [3.05, 3.63) is 35.1 Å². The van der Waals surface area contributed by atoms with Gasteiger partial charge in [0.05, 0.1) is 36.3 Å². The first-order valence-corrected chi connectivity index (χ1v) is 7.69. The molecule has 0 aliphatic carbocycles. The third kappa shape index (κ3) is 3.09. The van der Waals surface area contributed by atoms with E-state index in [1.54, 1.807) is 23.9 Å². The molecule has 1 aromatic carbocycles. The number of likely N-dealkylation sites (tertiary alicyclic amines) is 1. The number of hydrogen-bond donors (Lipinski definition) is 1. The molecule has 1 unspecified atom stereocenters. The van der Waals surface area contributed by atoms with E-state index in [1.807, 2.05) is 12.3 Å². The third-order valence-corrected chi connectivity index (χ3v) is 4.34. The van der Waals surface area contributed by atoms with E-state index in [0.717, 1.165) is 36.5 Å². The number of rotatable bonds is 5. The topological polar surface area (TPSA) is 63.4 Å². The predicted molar refractivity (Wildman–Crippen MR) is 83.4 cm³/mol. The Kier molecular flexibility index (Phi) is 4.61. The second-order valence-electron chi connectivity index (χ2n) is 5.42. The number of aliphatic hydroxyl groups is 1. The van der Waals surface area contributed by atoms with Gasteiger partial charge < -0.3 is 9.84 Å². The molecule has 1 aliphatic rings. The van der Waals surface area contributed by atoms with Gasteiger partial charge in [0.25, 0.3) is 0 Å². The van der Waals surface area contributed by atoms with Crippen molar-refractivity contribution in [1.29, 1.82) is 0 Å². The Balaban J connectivity index is 1.79. The van der Waals surface area contributed by atoms with Gasteiger partial charge in [-0.05, 0) is 31.5 Å². The summed E-state index contributed by atoms with van der Waals surface area (Å²) in [6.07, 6.45) is 4.01. The van der Waals surface area contributed by atoms with Crippen molar-refractivity contribution >= 4 is 11.6 Å². The van der Waals surface area contributed by atoms with Gasteiger partial charge in [0.15, 0.2) is 0 Å². The Morgan fingerprint density at radius 3 is 3.09 bits per heavy atom. The lowest BCUT2D eigenvalue weighted by atomic mass is 10.2. The number of aliphatic hydroxyl groups excluding tert-OH is 1. The first-order valence-electron chi connectivity index (χ1n) is 7.31. The van der Waals surface area contributed by atoms with Crippen LogP contribution < -0.4 is 4.74 Å². The number of benzene rings is 1. The van der Waals surface area contributed by atoms with Gasteiger partial charge in [0.2, 0.25) is 0 Å². The van der Waals surface area contributed by atoms with Gasteiger partial charge in [0.1, 0.15) is 5.75 Å². The number of nitrogens with zero attached hydrogens (tertiary/aromatic N) is 4. The lowest BCUT2D eigenvalue weighted by Crippen LogP contribution is -2.31. The molecule has 0 radical (unpaired) electrons. The zero-order valence-electron chi connectivity index (χ0n) is 12.4. The van der Waals surface area contributed by atoms with E-state index in [4.69, 9.17) is 16.3 Å². The predicted octanol–water partition coefficient (Wildman–Crippen LogP) is 1.89. The number of ether oxygens (including phenoxy) is 1. The average Bonchev–Trinajstić information content (AvgIpc) is 3.17. The van der Waals surface area contributed by atoms with Gasteiger partial charge in [-0.25, -0.2) is 4.68 Å². The van der Waals surface area contributed by atoms with E-state index in [0.29, 0.717) is 11.6 Å². The molecule has 0 bridgehead atoms. The largest absolute Gasteiger partial charge is 0.497 e. The first-order chi connectivity index (χ1) is 10.7. The van der Waals surface area contributed by atoms with Crippen LogP contribution in [0.1, 0.15) is 18.5 Å². The van der Waals surface area contributed by atoms with E-state index in [2.05, 4.69) is 15.2 Å². The van der Waals surface area contributed by atoms with E-state index >= 15 is 0 Å². The van der Waals surface area contributed by atoms with Crippen LogP contribution >= 0.6 is 11.6 Å². The highest BCUT2D eigenvalue weighted by atomic mass is 35.5. The fourth-order valence-corrected chi connectivity index (χ4v) is 3.01.